The Kier molecular flexibility index (Phi) is 1.04. The van der Waals surface area contributed by atoms with Crippen molar-refractivity contribution < 1.29 is 9.59 Å². The van der Waals surface area contributed by atoms with Crippen LogP contribution in [0, 0.1) is 0 Å². The van der Waals surface area contributed by atoms with Crippen LogP contribution in [-0.4, -0.2) is 11.6 Å². The van der Waals surface area contributed by atoms with Crippen molar-refractivity contribution in [2.75, 3.05) is 0 Å². The van der Waals surface area contributed by atoms with Gasteiger partial charge in [0.25, 0.3) is 0 Å². The summed E-state index contributed by atoms with van der Waals surface area (Å²) in [5.74, 6) is 0.395. The molecule has 0 heterocycles. The fourth-order valence-corrected chi connectivity index (χ4v) is 1.34. The summed E-state index contributed by atoms with van der Waals surface area (Å²) in [4.78, 5) is 21.6. The van der Waals surface area contributed by atoms with Gasteiger partial charge in [-0.3, -0.25) is 9.59 Å². The van der Waals surface area contributed by atoms with Crippen LogP contribution < -0.4 is 0 Å². The van der Waals surface area contributed by atoms with Gasteiger partial charge in [-0.1, -0.05) is 0 Å². The van der Waals surface area contributed by atoms with Crippen LogP contribution in [0.4, 0.5) is 0 Å². The molecule has 0 unspecified atom stereocenters. The highest BCUT2D eigenvalue weighted by Gasteiger charge is 2.31. The van der Waals surface area contributed by atoms with E-state index in [0.717, 1.165) is 24.0 Å². The maximum atomic E-state index is 10.8. The molecule has 2 heteroatoms. The number of Topliss-reactive ketones (excluding diaryl/α,β-unsaturated/α-hetero) is 2. The molecule has 0 N–H and O–H groups in total. The van der Waals surface area contributed by atoms with Crippen molar-refractivity contribution in [3.8, 4) is 0 Å². The number of carbonyl (C=O) groups excluding carboxylic acids is 2. The van der Waals surface area contributed by atoms with E-state index >= 15 is 0 Å². The van der Waals surface area contributed by atoms with E-state index in [1.54, 1.807) is 0 Å². The number of hydrogen-bond acceptors (Lipinski definition) is 2. The maximum Gasteiger partial charge on any atom is 0.159 e. The van der Waals surface area contributed by atoms with E-state index < -0.39 is 0 Å². The van der Waals surface area contributed by atoms with Crippen LogP contribution >= 0.6 is 0 Å². The number of rotatable bonds is 0. The van der Waals surface area contributed by atoms with E-state index in [9.17, 15) is 9.59 Å². The van der Waals surface area contributed by atoms with Crippen LogP contribution in [0.2, 0.25) is 0 Å². The highest BCUT2D eigenvalue weighted by molar-refractivity contribution is 6.12. The molecular weight excluding hydrogens is 128 g/mol. The number of carbonyl (C=O) groups is 2. The molecule has 2 aliphatic carbocycles. The summed E-state index contributed by atoms with van der Waals surface area (Å²) in [7, 11) is 0. The first kappa shape index (κ1) is 5.83. The van der Waals surface area contributed by atoms with Gasteiger partial charge in [0.05, 0.1) is 0 Å². The summed E-state index contributed by atoms with van der Waals surface area (Å²) < 4.78 is 0. The first-order valence-electron chi connectivity index (χ1n) is 3.57. The van der Waals surface area contributed by atoms with Gasteiger partial charge in [-0.2, -0.15) is 0 Å². The third-order valence-electron chi connectivity index (χ3n) is 2.24. The molecule has 0 aromatic carbocycles. The Morgan fingerprint density at radius 2 is 1.10 bits per heavy atom. The van der Waals surface area contributed by atoms with Gasteiger partial charge in [-0.15, -0.1) is 0 Å². The molecule has 2 fully saturated rings. The number of hydrogen-bond donors (Lipinski definition) is 0. The molecule has 0 saturated heterocycles. The molecule has 0 radical (unpaired) electrons. The second-order valence-corrected chi connectivity index (χ2v) is 2.80. The molecule has 2 rings (SSSR count). The molecule has 0 atom stereocenters. The van der Waals surface area contributed by atoms with Crippen LogP contribution in [0.1, 0.15) is 25.7 Å². The van der Waals surface area contributed by atoms with Crippen molar-refractivity contribution in [3.63, 3.8) is 0 Å². The Balaban J connectivity index is 2.28. The zero-order chi connectivity index (χ0) is 7.14. The Morgan fingerprint density at radius 1 is 0.700 bits per heavy atom. The van der Waals surface area contributed by atoms with Crippen molar-refractivity contribution >= 4 is 11.6 Å². The fraction of sp³-hybridized carbons (Fsp3) is 0.500. The van der Waals surface area contributed by atoms with E-state index in [1.165, 1.54) is 0 Å². The molecule has 52 valence electrons. The van der Waals surface area contributed by atoms with Gasteiger partial charge in [0, 0.05) is 24.0 Å². The SMILES string of the molecule is O=C1CC/C1=C1\CCC1=O. The first-order chi connectivity index (χ1) is 4.79. The standard InChI is InChI=1S/C8H8O2/c9-7-3-1-5(7)6-2-4-8(6)10/h1-4H2/b6-5-. The number of allylic oxidation sites excluding steroid dienone is 2. The average molecular weight is 136 g/mol. The third kappa shape index (κ3) is 0.589. The van der Waals surface area contributed by atoms with Gasteiger partial charge in [0.1, 0.15) is 0 Å². The Hall–Kier alpha value is -0.920. The fourth-order valence-electron chi connectivity index (χ4n) is 1.34. The quantitative estimate of drug-likeness (QED) is 0.466. The molecular formula is C8H8O2. The lowest BCUT2D eigenvalue weighted by atomic mass is 9.77. The van der Waals surface area contributed by atoms with Gasteiger partial charge in [0.15, 0.2) is 11.6 Å². The van der Waals surface area contributed by atoms with E-state index in [-0.39, 0.29) is 11.6 Å². The van der Waals surface area contributed by atoms with Crippen LogP contribution in [0.25, 0.3) is 0 Å². The van der Waals surface area contributed by atoms with Gasteiger partial charge in [0.2, 0.25) is 0 Å². The topological polar surface area (TPSA) is 34.1 Å². The second-order valence-electron chi connectivity index (χ2n) is 2.80. The van der Waals surface area contributed by atoms with Gasteiger partial charge in [-0.25, -0.2) is 0 Å². The van der Waals surface area contributed by atoms with Crippen LogP contribution in [0.5, 0.6) is 0 Å². The minimum Gasteiger partial charge on any atom is -0.295 e. The highest BCUT2D eigenvalue weighted by Crippen LogP contribution is 2.33. The highest BCUT2D eigenvalue weighted by atomic mass is 16.1. The van der Waals surface area contributed by atoms with Crippen molar-refractivity contribution in [2.45, 2.75) is 25.7 Å². The molecule has 0 spiro atoms. The smallest absolute Gasteiger partial charge is 0.159 e. The van der Waals surface area contributed by atoms with Crippen LogP contribution in [0.15, 0.2) is 11.1 Å². The molecule has 2 aliphatic rings. The third-order valence-corrected chi connectivity index (χ3v) is 2.24. The summed E-state index contributed by atoms with van der Waals surface area (Å²) in [6.45, 7) is 0. The minimum atomic E-state index is 0.197. The first-order valence-corrected chi connectivity index (χ1v) is 3.57. The van der Waals surface area contributed by atoms with E-state index in [2.05, 4.69) is 0 Å². The maximum absolute atomic E-state index is 10.8. The van der Waals surface area contributed by atoms with Crippen molar-refractivity contribution in [2.24, 2.45) is 0 Å². The molecule has 0 aliphatic heterocycles. The van der Waals surface area contributed by atoms with Gasteiger partial charge < -0.3 is 0 Å². The van der Waals surface area contributed by atoms with Crippen LogP contribution in [0.3, 0.4) is 0 Å². The summed E-state index contributed by atoms with van der Waals surface area (Å²) in [6, 6.07) is 0. The zero-order valence-electron chi connectivity index (χ0n) is 5.64. The van der Waals surface area contributed by atoms with Crippen molar-refractivity contribution in [3.05, 3.63) is 11.1 Å². The number of ketones is 2. The summed E-state index contributed by atoms with van der Waals surface area (Å²) in [5.41, 5.74) is 1.66. The lowest BCUT2D eigenvalue weighted by Crippen LogP contribution is -2.25. The summed E-state index contributed by atoms with van der Waals surface area (Å²) >= 11 is 0. The second kappa shape index (κ2) is 1.78. The van der Waals surface area contributed by atoms with Gasteiger partial charge >= 0.3 is 0 Å². The normalized spacial score (nSPS) is 31.6. The van der Waals surface area contributed by atoms with Crippen molar-refractivity contribution in [1.82, 2.24) is 0 Å². The molecule has 2 nitrogen and oxygen atoms in total. The Morgan fingerprint density at radius 3 is 1.20 bits per heavy atom. The van der Waals surface area contributed by atoms with Crippen molar-refractivity contribution in [1.29, 1.82) is 0 Å². The molecule has 0 aromatic rings. The van der Waals surface area contributed by atoms with E-state index in [0.29, 0.717) is 12.8 Å². The van der Waals surface area contributed by atoms with E-state index in [4.69, 9.17) is 0 Å². The zero-order valence-corrected chi connectivity index (χ0v) is 5.64. The lowest BCUT2D eigenvalue weighted by Gasteiger charge is -2.24. The van der Waals surface area contributed by atoms with E-state index in [1.807, 2.05) is 0 Å². The largest absolute Gasteiger partial charge is 0.295 e. The molecule has 0 bridgehead atoms. The Bertz CT molecular complexity index is 222. The molecule has 0 amide bonds. The lowest BCUT2D eigenvalue weighted by molar-refractivity contribution is -0.122. The van der Waals surface area contributed by atoms with Crippen LogP contribution in [-0.2, 0) is 9.59 Å². The summed E-state index contributed by atoms with van der Waals surface area (Å²) in [6.07, 6.45) is 3.01. The Labute approximate surface area is 58.9 Å². The molecule has 2 saturated carbocycles. The molecule has 0 aromatic heterocycles. The monoisotopic (exact) mass is 136 g/mol. The minimum absolute atomic E-state index is 0.197. The molecule has 10 heavy (non-hydrogen) atoms. The summed E-state index contributed by atoms with van der Waals surface area (Å²) in [5, 5.41) is 0. The predicted octanol–water partition coefficient (Wildman–Crippen LogP) is 1.01. The average Bonchev–Trinajstić information content (AvgIpc) is 1.93. The predicted molar refractivity (Wildman–Crippen MR) is 35.5 cm³/mol. The van der Waals surface area contributed by atoms with Gasteiger partial charge in [-0.05, 0) is 12.8 Å².